The van der Waals surface area contributed by atoms with Crippen molar-refractivity contribution < 1.29 is 37.0 Å². The lowest BCUT2D eigenvalue weighted by atomic mass is 10.1. The second kappa shape index (κ2) is 10.3. The standard InChI is InChI=1S/C22H25F3N2O5/c1-21(2,3)32-20(29)27-17(19(28)30-4)11-15-10-16(22(23,24)25)12-26-18(15)31-13-14-8-6-5-7-9-14/h5-10,12,17H,11,13H2,1-4H3,(H,27,29)/t17-/m0/s1. The lowest BCUT2D eigenvalue weighted by Gasteiger charge is -2.23. The van der Waals surface area contributed by atoms with Gasteiger partial charge in [0.15, 0.2) is 0 Å². The molecule has 32 heavy (non-hydrogen) atoms. The Labute approximate surface area is 183 Å². The van der Waals surface area contributed by atoms with Gasteiger partial charge in [0.1, 0.15) is 18.2 Å². The SMILES string of the molecule is COC(=O)[C@H](Cc1cc(C(F)(F)F)cnc1OCc1ccccc1)NC(=O)OC(C)(C)C. The number of amides is 1. The van der Waals surface area contributed by atoms with Crippen LogP contribution in [0.15, 0.2) is 42.6 Å². The maximum atomic E-state index is 13.2. The molecule has 2 rings (SSSR count). The molecule has 174 valence electrons. The number of nitrogens with zero attached hydrogens (tertiary/aromatic N) is 1. The van der Waals surface area contributed by atoms with Gasteiger partial charge in [-0.05, 0) is 32.4 Å². The second-order valence-electron chi connectivity index (χ2n) is 7.89. The summed E-state index contributed by atoms with van der Waals surface area (Å²) >= 11 is 0. The number of hydrogen-bond acceptors (Lipinski definition) is 6. The fraction of sp³-hybridized carbons (Fsp3) is 0.409. The van der Waals surface area contributed by atoms with Gasteiger partial charge in [0.2, 0.25) is 5.88 Å². The van der Waals surface area contributed by atoms with Crippen molar-refractivity contribution in [2.75, 3.05) is 7.11 Å². The maximum Gasteiger partial charge on any atom is 0.417 e. The van der Waals surface area contributed by atoms with E-state index >= 15 is 0 Å². The average Bonchev–Trinajstić information content (AvgIpc) is 2.70. The molecule has 2 aromatic rings. The fourth-order valence-corrected chi connectivity index (χ4v) is 2.66. The molecule has 0 saturated heterocycles. The van der Waals surface area contributed by atoms with Gasteiger partial charge in [0.25, 0.3) is 0 Å². The minimum atomic E-state index is -4.65. The number of aromatic nitrogens is 1. The van der Waals surface area contributed by atoms with Gasteiger partial charge in [-0.25, -0.2) is 14.6 Å². The minimum absolute atomic E-state index is 0.0257. The van der Waals surface area contributed by atoms with Crippen molar-refractivity contribution in [3.63, 3.8) is 0 Å². The number of pyridine rings is 1. The predicted octanol–water partition coefficient (Wildman–Crippen LogP) is 4.29. The molecule has 7 nitrogen and oxygen atoms in total. The second-order valence-corrected chi connectivity index (χ2v) is 7.89. The van der Waals surface area contributed by atoms with E-state index in [1.807, 2.05) is 6.07 Å². The van der Waals surface area contributed by atoms with Crippen LogP contribution in [0.3, 0.4) is 0 Å². The molecule has 0 aliphatic heterocycles. The third-order valence-electron chi connectivity index (χ3n) is 4.07. The van der Waals surface area contributed by atoms with Crippen LogP contribution in [0, 0.1) is 0 Å². The van der Waals surface area contributed by atoms with Gasteiger partial charge in [-0.2, -0.15) is 13.2 Å². The third-order valence-corrected chi connectivity index (χ3v) is 4.07. The highest BCUT2D eigenvalue weighted by Gasteiger charge is 2.33. The number of halogens is 3. The van der Waals surface area contributed by atoms with Crippen LogP contribution in [-0.2, 0) is 33.5 Å². The van der Waals surface area contributed by atoms with Gasteiger partial charge in [0, 0.05) is 18.2 Å². The number of ether oxygens (including phenoxy) is 3. The van der Waals surface area contributed by atoms with Crippen LogP contribution < -0.4 is 10.1 Å². The van der Waals surface area contributed by atoms with Crippen LogP contribution in [0.5, 0.6) is 5.88 Å². The summed E-state index contributed by atoms with van der Waals surface area (Å²) in [5.74, 6) is -0.955. The van der Waals surface area contributed by atoms with Crippen LogP contribution in [0.1, 0.15) is 37.5 Å². The number of alkyl halides is 3. The van der Waals surface area contributed by atoms with E-state index in [2.05, 4.69) is 15.0 Å². The smallest absolute Gasteiger partial charge is 0.417 e. The zero-order valence-corrected chi connectivity index (χ0v) is 18.2. The number of methoxy groups -OCH3 is 1. The third kappa shape index (κ3) is 7.75. The predicted molar refractivity (Wildman–Crippen MR) is 109 cm³/mol. The Bertz CT molecular complexity index is 927. The molecule has 0 saturated carbocycles. The first-order chi connectivity index (χ1) is 14.9. The summed E-state index contributed by atoms with van der Waals surface area (Å²) in [4.78, 5) is 28.1. The summed E-state index contributed by atoms with van der Waals surface area (Å²) in [5, 5.41) is 2.33. The average molecular weight is 454 g/mol. The summed E-state index contributed by atoms with van der Waals surface area (Å²) in [6.45, 7) is 4.94. The van der Waals surface area contributed by atoms with E-state index in [0.29, 0.717) is 6.20 Å². The number of alkyl carbamates (subject to hydrolysis) is 1. The van der Waals surface area contributed by atoms with Crippen molar-refractivity contribution in [1.82, 2.24) is 10.3 Å². The first-order valence-corrected chi connectivity index (χ1v) is 9.69. The van der Waals surface area contributed by atoms with Gasteiger partial charge in [-0.3, -0.25) is 0 Å². The minimum Gasteiger partial charge on any atom is -0.473 e. The Morgan fingerprint density at radius 1 is 1.12 bits per heavy atom. The molecule has 0 aliphatic carbocycles. The molecular formula is C22H25F3N2O5. The van der Waals surface area contributed by atoms with Gasteiger partial charge >= 0.3 is 18.2 Å². The summed E-state index contributed by atoms with van der Waals surface area (Å²) in [6, 6.07) is 8.47. The summed E-state index contributed by atoms with van der Waals surface area (Å²) in [5.41, 5.74) is -1.11. The molecule has 1 heterocycles. The first kappa shape index (κ1) is 25.0. The number of hydrogen-bond donors (Lipinski definition) is 1. The van der Waals surface area contributed by atoms with E-state index in [1.54, 1.807) is 45.0 Å². The number of rotatable bonds is 7. The summed E-state index contributed by atoms with van der Waals surface area (Å²) in [6.07, 6.45) is -5.27. The van der Waals surface area contributed by atoms with E-state index < -0.39 is 35.4 Å². The van der Waals surface area contributed by atoms with Crippen LogP contribution in [0.25, 0.3) is 0 Å². The summed E-state index contributed by atoms with van der Waals surface area (Å²) < 4.78 is 55.2. The van der Waals surface area contributed by atoms with E-state index in [9.17, 15) is 22.8 Å². The van der Waals surface area contributed by atoms with Crippen molar-refractivity contribution in [3.8, 4) is 5.88 Å². The van der Waals surface area contributed by atoms with Crippen LogP contribution in [-0.4, -0.2) is 35.8 Å². The highest BCUT2D eigenvalue weighted by molar-refractivity contribution is 5.81. The first-order valence-electron chi connectivity index (χ1n) is 9.69. The lowest BCUT2D eigenvalue weighted by Crippen LogP contribution is -2.45. The highest BCUT2D eigenvalue weighted by Crippen LogP contribution is 2.32. The topological polar surface area (TPSA) is 86.8 Å². The Morgan fingerprint density at radius 3 is 2.34 bits per heavy atom. The molecule has 0 spiro atoms. The van der Waals surface area contributed by atoms with E-state index in [0.717, 1.165) is 18.7 Å². The van der Waals surface area contributed by atoms with Crippen molar-refractivity contribution in [1.29, 1.82) is 0 Å². The van der Waals surface area contributed by atoms with Crippen LogP contribution in [0.2, 0.25) is 0 Å². The Morgan fingerprint density at radius 2 is 1.78 bits per heavy atom. The molecular weight excluding hydrogens is 429 g/mol. The molecule has 1 amide bonds. The number of benzene rings is 1. The molecule has 0 bridgehead atoms. The Kier molecular flexibility index (Phi) is 8.07. The summed E-state index contributed by atoms with van der Waals surface area (Å²) in [7, 11) is 1.10. The molecule has 1 N–H and O–H groups in total. The largest absolute Gasteiger partial charge is 0.473 e. The van der Waals surface area contributed by atoms with Crippen molar-refractivity contribution in [3.05, 3.63) is 59.3 Å². The Hall–Kier alpha value is -3.30. The Balaban J connectivity index is 2.31. The lowest BCUT2D eigenvalue weighted by molar-refractivity contribution is -0.143. The molecule has 0 aliphatic rings. The number of nitrogens with one attached hydrogen (secondary N) is 1. The zero-order valence-electron chi connectivity index (χ0n) is 18.2. The van der Waals surface area contributed by atoms with Crippen LogP contribution >= 0.6 is 0 Å². The number of esters is 1. The fourth-order valence-electron chi connectivity index (χ4n) is 2.66. The van der Waals surface area contributed by atoms with Crippen molar-refractivity contribution in [2.24, 2.45) is 0 Å². The van der Waals surface area contributed by atoms with Crippen LogP contribution in [0.4, 0.5) is 18.0 Å². The zero-order chi connectivity index (χ0) is 23.9. The van der Waals surface area contributed by atoms with E-state index in [4.69, 9.17) is 9.47 Å². The van der Waals surface area contributed by atoms with E-state index in [1.165, 1.54) is 0 Å². The monoisotopic (exact) mass is 454 g/mol. The molecule has 0 radical (unpaired) electrons. The van der Waals surface area contributed by atoms with Crippen molar-refractivity contribution >= 4 is 12.1 Å². The molecule has 1 aromatic heterocycles. The number of carbonyl (C=O) groups excluding carboxylic acids is 2. The number of carbonyl (C=O) groups is 2. The highest BCUT2D eigenvalue weighted by atomic mass is 19.4. The van der Waals surface area contributed by atoms with Gasteiger partial charge in [-0.1, -0.05) is 30.3 Å². The normalized spacial score (nSPS) is 12.6. The van der Waals surface area contributed by atoms with Gasteiger partial charge in [0.05, 0.1) is 12.7 Å². The molecule has 1 atom stereocenters. The quantitative estimate of drug-likeness (QED) is 0.629. The molecule has 1 aromatic carbocycles. The van der Waals surface area contributed by atoms with E-state index in [-0.39, 0.29) is 24.5 Å². The van der Waals surface area contributed by atoms with Gasteiger partial charge in [-0.15, -0.1) is 0 Å². The molecule has 0 fully saturated rings. The molecule has 10 heteroatoms. The van der Waals surface area contributed by atoms with Gasteiger partial charge < -0.3 is 19.5 Å². The van der Waals surface area contributed by atoms with Crippen molar-refractivity contribution in [2.45, 2.75) is 51.6 Å². The maximum absolute atomic E-state index is 13.2. The molecule has 0 unspecified atom stereocenters.